The largest absolute Gasteiger partial charge is 0.293 e. The Balaban J connectivity index is 2.99. The van der Waals surface area contributed by atoms with Gasteiger partial charge in [-0.2, -0.15) is 9.97 Å². The monoisotopic (exact) mass is 110 g/mol. The summed E-state index contributed by atoms with van der Waals surface area (Å²) in [5, 5.41) is 2.46. The Morgan fingerprint density at radius 2 is 2.00 bits per heavy atom. The van der Waals surface area contributed by atoms with Crippen LogP contribution in [-0.4, -0.2) is 15.0 Å². The molecule has 0 aliphatic carbocycles. The SMILES string of the molecule is O=Nc1ncncn1. The third kappa shape index (κ3) is 0.810. The van der Waals surface area contributed by atoms with Crippen LogP contribution in [0.3, 0.4) is 0 Å². The van der Waals surface area contributed by atoms with Gasteiger partial charge in [0, 0.05) is 5.18 Å². The van der Waals surface area contributed by atoms with Crippen LogP contribution in [-0.2, 0) is 0 Å². The van der Waals surface area contributed by atoms with Crippen LogP contribution in [0.25, 0.3) is 0 Å². The highest BCUT2D eigenvalue weighted by Gasteiger charge is 1.86. The van der Waals surface area contributed by atoms with Crippen molar-refractivity contribution < 1.29 is 0 Å². The average Bonchev–Trinajstić information content (AvgIpc) is 1.90. The van der Waals surface area contributed by atoms with Gasteiger partial charge in [0.1, 0.15) is 12.7 Å². The molecule has 0 saturated carbocycles. The van der Waals surface area contributed by atoms with Gasteiger partial charge in [0.05, 0.1) is 0 Å². The van der Waals surface area contributed by atoms with Gasteiger partial charge in [-0.15, -0.1) is 4.91 Å². The van der Waals surface area contributed by atoms with Crippen LogP contribution < -0.4 is 0 Å². The van der Waals surface area contributed by atoms with E-state index in [1.807, 2.05) is 0 Å². The van der Waals surface area contributed by atoms with E-state index in [0.717, 1.165) is 0 Å². The van der Waals surface area contributed by atoms with Gasteiger partial charge < -0.3 is 0 Å². The molecule has 0 amide bonds. The highest BCUT2D eigenvalue weighted by atomic mass is 16.3. The predicted molar refractivity (Wildman–Crippen MR) is 25.3 cm³/mol. The maximum atomic E-state index is 9.60. The molecule has 0 aliphatic rings. The van der Waals surface area contributed by atoms with Crippen molar-refractivity contribution in [3.63, 3.8) is 0 Å². The highest BCUT2D eigenvalue weighted by Crippen LogP contribution is 1.93. The van der Waals surface area contributed by atoms with Gasteiger partial charge >= 0.3 is 0 Å². The van der Waals surface area contributed by atoms with E-state index in [2.05, 4.69) is 20.1 Å². The second-order valence-corrected chi connectivity index (χ2v) is 1.03. The molecule has 1 aromatic rings. The van der Waals surface area contributed by atoms with Gasteiger partial charge in [0.2, 0.25) is 0 Å². The highest BCUT2D eigenvalue weighted by molar-refractivity contribution is 5.07. The molecule has 0 spiro atoms. The maximum absolute atomic E-state index is 9.60. The zero-order valence-corrected chi connectivity index (χ0v) is 3.85. The third-order valence-electron chi connectivity index (χ3n) is 0.561. The normalized spacial score (nSPS) is 8.50. The first-order chi connectivity index (χ1) is 3.93. The van der Waals surface area contributed by atoms with Gasteiger partial charge in [0.15, 0.2) is 0 Å². The molecule has 1 rings (SSSR count). The summed E-state index contributed by atoms with van der Waals surface area (Å²) in [6, 6.07) is 0. The van der Waals surface area contributed by atoms with E-state index in [-0.39, 0.29) is 5.95 Å². The number of nitrogens with zero attached hydrogens (tertiary/aromatic N) is 4. The van der Waals surface area contributed by atoms with Crippen LogP contribution in [0, 0.1) is 4.91 Å². The summed E-state index contributed by atoms with van der Waals surface area (Å²) in [4.78, 5) is 19.9. The first-order valence-corrected chi connectivity index (χ1v) is 1.89. The van der Waals surface area contributed by atoms with Crippen molar-refractivity contribution >= 4 is 5.95 Å². The summed E-state index contributed by atoms with van der Waals surface area (Å²) in [6.45, 7) is 0. The van der Waals surface area contributed by atoms with Crippen LogP contribution in [0.15, 0.2) is 17.8 Å². The van der Waals surface area contributed by atoms with E-state index >= 15 is 0 Å². The molecule has 1 aromatic heterocycles. The summed E-state index contributed by atoms with van der Waals surface area (Å²) >= 11 is 0. The molecule has 0 aromatic carbocycles. The molecule has 8 heavy (non-hydrogen) atoms. The minimum Gasteiger partial charge on any atom is -0.225 e. The quantitative estimate of drug-likeness (QED) is 0.486. The van der Waals surface area contributed by atoms with Gasteiger partial charge in [-0.3, -0.25) is 0 Å². The summed E-state index contributed by atoms with van der Waals surface area (Å²) in [7, 11) is 0. The lowest BCUT2D eigenvalue weighted by molar-refractivity contribution is 1.03. The van der Waals surface area contributed by atoms with Crippen molar-refractivity contribution in [2.24, 2.45) is 5.18 Å². The third-order valence-corrected chi connectivity index (χ3v) is 0.561. The smallest absolute Gasteiger partial charge is 0.225 e. The summed E-state index contributed by atoms with van der Waals surface area (Å²) in [5.74, 6) is -0.0833. The molecule has 40 valence electrons. The molecule has 0 unspecified atom stereocenters. The number of aromatic nitrogens is 3. The van der Waals surface area contributed by atoms with Gasteiger partial charge in [-0.05, 0) is 0 Å². The van der Waals surface area contributed by atoms with Crippen LogP contribution in [0.5, 0.6) is 0 Å². The average molecular weight is 110 g/mol. The molecule has 1 heterocycles. The van der Waals surface area contributed by atoms with Crippen molar-refractivity contribution in [3.8, 4) is 0 Å². The number of nitroso groups, excluding NO2 is 1. The molecule has 0 radical (unpaired) electrons. The Bertz CT molecular complexity index is 174. The lowest BCUT2D eigenvalue weighted by Gasteiger charge is -1.78. The van der Waals surface area contributed by atoms with Crippen LogP contribution in [0.2, 0.25) is 0 Å². The summed E-state index contributed by atoms with van der Waals surface area (Å²) in [5.41, 5.74) is 0. The Morgan fingerprint density at radius 1 is 1.38 bits per heavy atom. The second-order valence-electron chi connectivity index (χ2n) is 1.03. The lowest BCUT2D eigenvalue weighted by Crippen LogP contribution is -1.78. The molecule has 0 fully saturated rings. The van der Waals surface area contributed by atoms with Crippen molar-refractivity contribution in [1.82, 2.24) is 15.0 Å². The first kappa shape index (κ1) is 4.76. The first-order valence-electron chi connectivity index (χ1n) is 1.89. The lowest BCUT2D eigenvalue weighted by atomic mass is 11.0. The van der Waals surface area contributed by atoms with E-state index < -0.39 is 0 Å². The molecule has 5 nitrogen and oxygen atoms in total. The predicted octanol–water partition coefficient (Wildman–Crippen LogP) is 0.269. The summed E-state index contributed by atoms with van der Waals surface area (Å²) < 4.78 is 0. The topological polar surface area (TPSA) is 68.1 Å². The van der Waals surface area contributed by atoms with Crippen LogP contribution in [0.1, 0.15) is 0 Å². The molecule has 0 atom stereocenters. The van der Waals surface area contributed by atoms with Crippen molar-refractivity contribution in [3.05, 3.63) is 17.6 Å². The molecule has 0 aliphatic heterocycles. The molecule has 0 saturated heterocycles. The van der Waals surface area contributed by atoms with Crippen LogP contribution >= 0.6 is 0 Å². The molecule has 5 heteroatoms. The Labute approximate surface area is 44.8 Å². The van der Waals surface area contributed by atoms with Crippen LogP contribution in [0.4, 0.5) is 5.95 Å². The Morgan fingerprint density at radius 3 is 2.38 bits per heavy atom. The molecular formula is C3H2N4O. The number of hydrogen-bond donors (Lipinski definition) is 0. The molecular weight excluding hydrogens is 108 g/mol. The van der Waals surface area contributed by atoms with E-state index in [1.165, 1.54) is 12.7 Å². The maximum Gasteiger partial charge on any atom is 0.293 e. The standard InChI is InChI=1S/C3H2N4O/c8-7-3-5-1-4-2-6-3/h1-2H. The van der Waals surface area contributed by atoms with Crippen molar-refractivity contribution in [2.75, 3.05) is 0 Å². The van der Waals surface area contributed by atoms with Crippen molar-refractivity contribution in [2.45, 2.75) is 0 Å². The van der Waals surface area contributed by atoms with Gasteiger partial charge in [-0.25, -0.2) is 4.98 Å². The zero-order chi connectivity index (χ0) is 5.82. The fraction of sp³-hybridized carbons (Fsp3) is 0. The fourth-order valence-corrected chi connectivity index (χ4v) is 0.280. The molecule has 0 N–H and O–H groups in total. The molecule has 0 bridgehead atoms. The second kappa shape index (κ2) is 2.06. The van der Waals surface area contributed by atoms with Crippen molar-refractivity contribution in [1.29, 1.82) is 0 Å². The Hall–Kier alpha value is -1.39. The van der Waals surface area contributed by atoms with Gasteiger partial charge in [-0.1, -0.05) is 0 Å². The minimum atomic E-state index is -0.0833. The van der Waals surface area contributed by atoms with Gasteiger partial charge in [0.25, 0.3) is 5.95 Å². The fourth-order valence-electron chi connectivity index (χ4n) is 0.280. The van der Waals surface area contributed by atoms with E-state index in [0.29, 0.717) is 0 Å². The minimum absolute atomic E-state index is 0.0833. The number of hydrogen-bond acceptors (Lipinski definition) is 5. The van der Waals surface area contributed by atoms with E-state index in [4.69, 9.17) is 0 Å². The van der Waals surface area contributed by atoms with E-state index in [9.17, 15) is 4.91 Å². The summed E-state index contributed by atoms with van der Waals surface area (Å²) in [6.07, 6.45) is 2.42. The number of rotatable bonds is 1. The van der Waals surface area contributed by atoms with E-state index in [1.54, 1.807) is 0 Å². The zero-order valence-electron chi connectivity index (χ0n) is 3.85. The Kier molecular flexibility index (Phi) is 1.23.